The summed E-state index contributed by atoms with van der Waals surface area (Å²) in [5.74, 6) is 0.0285. The molecule has 0 saturated heterocycles. The first kappa shape index (κ1) is 25.6. The van der Waals surface area contributed by atoms with Gasteiger partial charge in [-0.1, -0.05) is 30.3 Å². The zero-order valence-corrected chi connectivity index (χ0v) is 22.9. The van der Waals surface area contributed by atoms with Gasteiger partial charge in [-0.3, -0.25) is 19.4 Å². The molecule has 4 heterocycles. The molecule has 42 heavy (non-hydrogen) atoms. The minimum absolute atomic E-state index is 0.0362. The summed E-state index contributed by atoms with van der Waals surface area (Å²) in [7, 11) is 1.37. The minimum atomic E-state index is -0.666. The molecule has 0 saturated carbocycles. The predicted octanol–water partition coefficient (Wildman–Crippen LogP) is 4.44. The normalized spacial score (nSPS) is 16.7. The Bertz CT molecular complexity index is 1900. The van der Waals surface area contributed by atoms with Gasteiger partial charge in [0.05, 0.1) is 18.9 Å². The molecule has 1 spiro atoms. The van der Waals surface area contributed by atoms with Crippen LogP contribution in [0.2, 0.25) is 0 Å². The summed E-state index contributed by atoms with van der Waals surface area (Å²) in [6.45, 7) is 0.0522. The van der Waals surface area contributed by atoms with E-state index in [1.54, 1.807) is 18.6 Å². The molecule has 2 aliphatic rings. The average molecular weight is 558 g/mol. The van der Waals surface area contributed by atoms with E-state index in [0.29, 0.717) is 24.3 Å². The molecule has 9 heteroatoms. The summed E-state index contributed by atoms with van der Waals surface area (Å²) < 4.78 is 6.81. The van der Waals surface area contributed by atoms with E-state index in [4.69, 9.17) is 4.74 Å². The molecule has 0 bridgehead atoms. The van der Waals surface area contributed by atoms with Gasteiger partial charge in [0, 0.05) is 52.5 Å². The topological polar surface area (TPSA) is 115 Å². The Morgan fingerprint density at radius 1 is 1.05 bits per heavy atom. The summed E-state index contributed by atoms with van der Waals surface area (Å²) in [5, 5.41) is 6.84. The van der Waals surface area contributed by atoms with Crippen LogP contribution in [0.3, 0.4) is 0 Å². The van der Waals surface area contributed by atoms with Crippen molar-refractivity contribution in [2.24, 2.45) is 0 Å². The van der Waals surface area contributed by atoms with Crippen LogP contribution in [0.1, 0.15) is 22.3 Å². The number of nitrogens with one attached hydrogen (secondary N) is 2. The van der Waals surface area contributed by atoms with Gasteiger partial charge >= 0.3 is 5.97 Å². The number of aromatic nitrogens is 3. The lowest BCUT2D eigenvalue weighted by Crippen LogP contribution is -2.35. The Kier molecular flexibility index (Phi) is 6.08. The highest BCUT2D eigenvalue weighted by Crippen LogP contribution is 2.47. The van der Waals surface area contributed by atoms with Crippen molar-refractivity contribution in [3.05, 3.63) is 108 Å². The number of hydrogen-bond acceptors (Lipinski definition) is 6. The van der Waals surface area contributed by atoms with Crippen LogP contribution in [0.5, 0.6) is 0 Å². The summed E-state index contributed by atoms with van der Waals surface area (Å²) in [6, 6.07) is 19.3. The monoisotopic (exact) mass is 557 g/mol. The maximum Gasteiger partial charge on any atom is 0.310 e. The van der Waals surface area contributed by atoms with Gasteiger partial charge in [-0.2, -0.15) is 0 Å². The lowest BCUT2D eigenvalue weighted by Gasteiger charge is -2.20. The Morgan fingerprint density at radius 2 is 1.90 bits per heavy atom. The molecule has 9 nitrogen and oxygen atoms in total. The quantitative estimate of drug-likeness (QED) is 0.298. The van der Waals surface area contributed by atoms with Crippen molar-refractivity contribution in [3.63, 3.8) is 0 Å². The molecule has 7 rings (SSSR count). The molecule has 2 amide bonds. The Labute approximate surface area is 241 Å². The van der Waals surface area contributed by atoms with Gasteiger partial charge in [-0.25, -0.2) is 4.98 Å². The van der Waals surface area contributed by atoms with Gasteiger partial charge in [0.25, 0.3) is 0 Å². The van der Waals surface area contributed by atoms with Crippen LogP contribution in [0.4, 0.5) is 11.5 Å². The van der Waals surface area contributed by atoms with Gasteiger partial charge in [-0.05, 0) is 65.4 Å². The molecule has 2 aromatic carbocycles. The number of methoxy groups -OCH3 is 1. The first-order valence-electron chi connectivity index (χ1n) is 13.7. The van der Waals surface area contributed by atoms with E-state index in [1.807, 2.05) is 71.4 Å². The number of rotatable bonds is 6. The molecule has 2 N–H and O–H groups in total. The molecule has 3 aromatic heterocycles. The van der Waals surface area contributed by atoms with Crippen LogP contribution >= 0.6 is 0 Å². The van der Waals surface area contributed by atoms with E-state index in [2.05, 4.69) is 20.6 Å². The van der Waals surface area contributed by atoms with Crippen LogP contribution in [0, 0.1) is 0 Å². The number of pyridine rings is 2. The number of fused-ring (bicyclic) bond motifs is 4. The molecule has 0 radical (unpaired) electrons. The van der Waals surface area contributed by atoms with Gasteiger partial charge in [-0.15, -0.1) is 0 Å². The minimum Gasteiger partial charge on any atom is -0.469 e. The third kappa shape index (κ3) is 4.21. The number of hydrogen-bond donors (Lipinski definition) is 2. The van der Waals surface area contributed by atoms with Crippen molar-refractivity contribution in [2.45, 2.75) is 31.2 Å². The fraction of sp³-hybridized carbons (Fsp3) is 0.182. The lowest BCUT2D eigenvalue weighted by atomic mass is 9.79. The van der Waals surface area contributed by atoms with Crippen LogP contribution < -0.4 is 10.6 Å². The van der Waals surface area contributed by atoms with Gasteiger partial charge in [0.2, 0.25) is 11.8 Å². The van der Waals surface area contributed by atoms with E-state index >= 15 is 0 Å². The van der Waals surface area contributed by atoms with Crippen molar-refractivity contribution < 1.29 is 19.1 Å². The number of amides is 2. The van der Waals surface area contributed by atoms with E-state index < -0.39 is 5.41 Å². The van der Waals surface area contributed by atoms with E-state index in [-0.39, 0.29) is 30.7 Å². The van der Waals surface area contributed by atoms with E-state index in [0.717, 1.165) is 44.3 Å². The second-order valence-electron chi connectivity index (χ2n) is 10.8. The van der Waals surface area contributed by atoms with Crippen molar-refractivity contribution in [1.29, 1.82) is 0 Å². The number of esters is 1. The first-order valence-corrected chi connectivity index (χ1v) is 13.7. The van der Waals surface area contributed by atoms with Crippen molar-refractivity contribution in [3.8, 4) is 11.1 Å². The van der Waals surface area contributed by atoms with Crippen LogP contribution in [-0.2, 0) is 50.3 Å². The number of carbonyl (C=O) groups excluding carboxylic acids is 3. The fourth-order valence-electron chi connectivity index (χ4n) is 6.39. The van der Waals surface area contributed by atoms with Crippen LogP contribution in [0.15, 0.2) is 85.5 Å². The summed E-state index contributed by atoms with van der Waals surface area (Å²) in [5.41, 5.74) is 6.51. The molecular formula is C33H27N5O4. The molecule has 208 valence electrons. The number of anilines is 2. The molecule has 1 aliphatic carbocycles. The number of nitrogens with zero attached hydrogens (tertiary/aromatic N) is 3. The second kappa shape index (κ2) is 9.95. The fourth-order valence-corrected chi connectivity index (χ4v) is 6.39. The molecule has 1 atom stereocenters. The molecule has 0 fully saturated rings. The predicted molar refractivity (Wildman–Crippen MR) is 158 cm³/mol. The van der Waals surface area contributed by atoms with Gasteiger partial charge in [0.1, 0.15) is 12.4 Å². The smallest absolute Gasteiger partial charge is 0.310 e. The highest BCUT2D eigenvalue weighted by molar-refractivity contribution is 6.06. The average Bonchev–Trinajstić information content (AvgIpc) is 3.64. The van der Waals surface area contributed by atoms with Crippen molar-refractivity contribution >= 4 is 40.2 Å². The number of ether oxygens (including phenoxy) is 1. The van der Waals surface area contributed by atoms with E-state index in [1.165, 1.54) is 7.11 Å². The zero-order chi connectivity index (χ0) is 28.8. The Morgan fingerprint density at radius 3 is 2.74 bits per heavy atom. The third-order valence-corrected chi connectivity index (χ3v) is 8.30. The summed E-state index contributed by atoms with van der Waals surface area (Å²) in [6.07, 6.45) is 8.25. The molecule has 1 aliphatic heterocycles. The largest absolute Gasteiger partial charge is 0.469 e. The van der Waals surface area contributed by atoms with E-state index in [9.17, 15) is 14.4 Å². The van der Waals surface area contributed by atoms with Crippen molar-refractivity contribution in [2.75, 3.05) is 17.7 Å². The van der Waals surface area contributed by atoms with Gasteiger partial charge in [0.15, 0.2) is 0 Å². The third-order valence-electron chi connectivity index (χ3n) is 8.30. The maximum absolute atomic E-state index is 13.3. The lowest BCUT2D eigenvalue weighted by molar-refractivity contribution is -0.139. The Balaban J connectivity index is 1.16. The van der Waals surface area contributed by atoms with Gasteiger partial charge < -0.3 is 19.9 Å². The zero-order valence-electron chi connectivity index (χ0n) is 22.9. The summed E-state index contributed by atoms with van der Waals surface area (Å²) >= 11 is 0. The molecule has 1 unspecified atom stereocenters. The molecule has 5 aromatic rings. The highest BCUT2D eigenvalue weighted by Gasteiger charge is 2.51. The maximum atomic E-state index is 13.3. The second-order valence-corrected chi connectivity index (χ2v) is 10.8. The van der Waals surface area contributed by atoms with Crippen LogP contribution in [0.25, 0.3) is 22.0 Å². The highest BCUT2D eigenvalue weighted by atomic mass is 16.5. The standard InChI is InChI=1S/C33H27N5O4/c1-42-29(40)14-23-18-38(27-8-2-6-25(30(23)27)21-5-3-11-34-17-21)19-28(39)36-24-10-9-20-15-33(16-22(20)13-24)26-7-4-12-35-31(26)37-32(33)41/h2-13,17-18H,14-16,19H2,1H3,(H,36,39)(H,35,37,41). The van der Waals surface area contributed by atoms with Crippen LogP contribution in [-0.4, -0.2) is 39.4 Å². The first-order chi connectivity index (χ1) is 20.4. The number of carbonyl (C=O) groups is 3. The van der Waals surface area contributed by atoms with Crippen molar-refractivity contribution in [1.82, 2.24) is 14.5 Å². The summed E-state index contributed by atoms with van der Waals surface area (Å²) in [4.78, 5) is 47.2. The number of benzene rings is 2. The Hall–Kier alpha value is -5.31. The molecular weight excluding hydrogens is 530 g/mol. The SMILES string of the molecule is COC(=O)Cc1cn(CC(=O)Nc2ccc3c(c2)CC2(C3)C(=O)Nc3ncccc32)c2cccc(-c3cccnc3)c12.